The van der Waals surface area contributed by atoms with Gasteiger partial charge in [0, 0.05) is 72.0 Å². The molecule has 2 atom stereocenters. The molecule has 2 aromatic carbocycles. The van der Waals surface area contributed by atoms with Crippen molar-refractivity contribution in [1.29, 1.82) is 0 Å². The number of fused-ring (bicyclic) bond motifs is 3. The van der Waals surface area contributed by atoms with Crippen molar-refractivity contribution < 1.29 is 31.8 Å². The van der Waals surface area contributed by atoms with Gasteiger partial charge in [0.1, 0.15) is 30.1 Å². The van der Waals surface area contributed by atoms with Crippen LogP contribution in [0.4, 0.5) is 22.0 Å². The molecule has 5 nitrogen and oxygen atoms in total. The molecule has 1 fully saturated rings. The summed E-state index contributed by atoms with van der Waals surface area (Å²) in [6, 6.07) is 7.82. The standard InChI is InChI=1S/C27H30F5N3O2/c1-16-9-23-24(19-5-2-3-6-22(19)33-23)26(35(16)14-27(31,32)15-36)25-20(29)10-17(11-21(25)30)37-18-12-34(13-18)8-4-7-28/h2-3,5-6,10-11,16,18,26,33,36H,4,7-9,12-15H2,1H3. The zero-order valence-corrected chi connectivity index (χ0v) is 20.5. The van der Waals surface area contributed by atoms with E-state index in [1.165, 1.54) is 4.90 Å². The van der Waals surface area contributed by atoms with Gasteiger partial charge in [0.25, 0.3) is 5.92 Å². The minimum absolute atomic E-state index is 0.0177. The summed E-state index contributed by atoms with van der Waals surface area (Å²) in [6.07, 6.45) is 0.540. The molecule has 0 radical (unpaired) electrons. The minimum atomic E-state index is -3.45. The van der Waals surface area contributed by atoms with Gasteiger partial charge in [-0.05, 0) is 19.4 Å². The lowest BCUT2D eigenvalue weighted by Crippen LogP contribution is -2.53. The molecular formula is C27H30F5N3O2. The van der Waals surface area contributed by atoms with E-state index in [9.17, 15) is 18.3 Å². The van der Waals surface area contributed by atoms with Crippen molar-refractivity contribution >= 4 is 10.9 Å². The van der Waals surface area contributed by atoms with Crippen LogP contribution in [0.2, 0.25) is 0 Å². The Morgan fingerprint density at radius 1 is 1.11 bits per heavy atom. The normalized spacial score (nSPS) is 21.3. The molecule has 0 amide bonds. The van der Waals surface area contributed by atoms with Gasteiger partial charge in [0.15, 0.2) is 0 Å². The molecule has 2 aliphatic heterocycles. The average Bonchev–Trinajstić information content (AvgIpc) is 3.19. The second-order valence-electron chi connectivity index (χ2n) is 10.0. The van der Waals surface area contributed by atoms with Gasteiger partial charge in [0.2, 0.25) is 0 Å². The van der Waals surface area contributed by atoms with Crippen molar-refractivity contribution in [2.75, 3.05) is 39.5 Å². The van der Waals surface area contributed by atoms with Crippen molar-refractivity contribution in [2.24, 2.45) is 0 Å². The number of para-hydroxylation sites is 1. The Balaban J connectivity index is 1.51. The van der Waals surface area contributed by atoms with E-state index in [0.29, 0.717) is 43.4 Å². The number of hydrogen-bond acceptors (Lipinski definition) is 4. The molecule has 10 heteroatoms. The summed E-state index contributed by atoms with van der Waals surface area (Å²) >= 11 is 0. The summed E-state index contributed by atoms with van der Waals surface area (Å²) in [5.41, 5.74) is 1.71. The first-order chi connectivity index (χ1) is 17.7. The lowest BCUT2D eigenvalue weighted by atomic mass is 9.86. The number of H-pyrrole nitrogens is 1. The van der Waals surface area contributed by atoms with Crippen LogP contribution in [0.1, 0.15) is 36.2 Å². The number of benzene rings is 2. The van der Waals surface area contributed by atoms with E-state index in [1.807, 2.05) is 17.0 Å². The first-order valence-corrected chi connectivity index (χ1v) is 12.5. The molecular weight excluding hydrogens is 493 g/mol. The average molecular weight is 524 g/mol. The summed E-state index contributed by atoms with van der Waals surface area (Å²) in [6.45, 7) is 0.765. The van der Waals surface area contributed by atoms with Gasteiger partial charge in [-0.2, -0.15) is 0 Å². The predicted molar refractivity (Wildman–Crippen MR) is 130 cm³/mol. The summed E-state index contributed by atoms with van der Waals surface area (Å²) in [4.78, 5) is 6.66. The van der Waals surface area contributed by atoms with E-state index in [2.05, 4.69) is 4.98 Å². The SMILES string of the molecule is CC1Cc2[nH]c3ccccc3c2C(c2c(F)cc(OC3CN(CCCF)C3)cc2F)N1CC(F)(F)CO. The molecule has 3 aromatic rings. The van der Waals surface area contributed by atoms with Gasteiger partial charge in [-0.15, -0.1) is 0 Å². The van der Waals surface area contributed by atoms with Crippen LogP contribution in [-0.4, -0.2) is 77.4 Å². The number of aromatic amines is 1. The number of aliphatic hydroxyl groups is 1. The maximum absolute atomic E-state index is 15.7. The highest BCUT2D eigenvalue weighted by atomic mass is 19.3. The van der Waals surface area contributed by atoms with Gasteiger partial charge in [0.05, 0.1) is 19.3 Å². The third-order valence-corrected chi connectivity index (χ3v) is 7.30. The number of nitrogens with one attached hydrogen (secondary N) is 1. The summed E-state index contributed by atoms with van der Waals surface area (Å²) in [7, 11) is 0. The second kappa shape index (κ2) is 10.2. The molecule has 0 aliphatic carbocycles. The van der Waals surface area contributed by atoms with Crippen molar-refractivity contribution in [3.63, 3.8) is 0 Å². The van der Waals surface area contributed by atoms with Crippen LogP contribution in [0.25, 0.3) is 10.9 Å². The number of likely N-dealkylation sites (tertiary alicyclic amines) is 1. The van der Waals surface area contributed by atoms with Crippen molar-refractivity contribution in [2.45, 2.75) is 43.9 Å². The van der Waals surface area contributed by atoms with Crippen LogP contribution in [0.5, 0.6) is 5.75 Å². The zero-order valence-electron chi connectivity index (χ0n) is 20.5. The van der Waals surface area contributed by atoms with E-state index < -0.39 is 49.5 Å². The number of hydrogen-bond donors (Lipinski definition) is 2. The molecule has 0 spiro atoms. The Hall–Kier alpha value is -2.69. The number of ether oxygens (including phenoxy) is 1. The Kier molecular flexibility index (Phi) is 7.17. The van der Waals surface area contributed by atoms with Crippen LogP contribution in [0.3, 0.4) is 0 Å². The van der Waals surface area contributed by atoms with Gasteiger partial charge >= 0.3 is 0 Å². The van der Waals surface area contributed by atoms with Gasteiger partial charge in [-0.3, -0.25) is 14.2 Å². The van der Waals surface area contributed by atoms with E-state index in [0.717, 1.165) is 23.3 Å². The minimum Gasteiger partial charge on any atom is -0.488 e. The topological polar surface area (TPSA) is 51.7 Å². The highest BCUT2D eigenvalue weighted by molar-refractivity contribution is 5.86. The van der Waals surface area contributed by atoms with E-state index in [1.54, 1.807) is 19.1 Å². The highest BCUT2D eigenvalue weighted by Gasteiger charge is 2.43. The fourth-order valence-corrected chi connectivity index (χ4v) is 5.55. The third-order valence-electron chi connectivity index (χ3n) is 7.30. The Labute approximate surface area is 211 Å². The second-order valence-corrected chi connectivity index (χ2v) is 10.0. The number of aliphatic hydroxyl groups excluding tert-OH is 1. The molecule has 37 heavy (non-hydrogen) atoms. The molecule has 5 rings (SSSR count). The molecule has 0 bridgehead atoms. The molecule has 2 unspecified atom stereocenters. The summed E-state index contributed by atoms with van der Waals surface area (Å²) in [5, 5.41) is 9.95. The Morgan fingerprint density at radius 2 is 1.81 bits per heavy atom. The van der Waals surface area contributed by atoms with Crippen molar-refractivity contribution in [3.8, 4) is 5.75 Å². The van der Waals surface area contributed by atoms with E-state index in [4.69, 9.17) is 4.74 Å². The highest BCUT2D eigenvalue weighted by Crippen LogP contribution is 2.45. The fraction of sp³-hybridized carbons (Fsp3) is 0.481. The lowest BCUT2D eigenvalue weighted by molar-refractivity contribution is -0.0866. The molecule has 2 aliphatic rings. The maximum atomic E-state index is 15.7. The van der Waals surface area contributed by atoms with Crippen LogP contribution in [0.15, 0.2) is 36.4 Å². The van der Waals surface area contributed by atoms with E-state index in [-0.39, 0.29) is 17.4 Å². The Morgan fingerprint density at radius 3 is 2.49 bits per heavy atom. The van der Waals surface area contributed by atoms with Crippen LogP contribution >= 0.6 is 0 Å². The van der Waals surface area contributed by atoms with Crippen molar-refractivity contribution in [3.05, 3.63) is 64.9 Å². The fourth-order valence-electron chi connectivity index (χ4n) is 5.55. The monoisotopic (exact) mass is 523 g/mol. The smallest absolute Gasteiger partial charge is 0.283 e. The van der Waals surface area contributed by atoms with Crippen LogP contribution in [0, 0.1) is 11.6 Å². The molecule has 2 N–H and O–H groups in total. The number of halogens is 5. The lowest BCUT2D eigenvalue weighted by Gasteiger charge is -2.42. The first kappa shape index (κ1) is 25.9. The quantitative estimate of drug-likeness (QED) is 0.395. The Bertz CT molecular complexity index is 1240. The van der Waals surface area contributed by atoms with Gasteiger partial charge in [-0.25, -0.2) is 17.6 Å². The van der Waals surface area contributed by atoms with Gasteiger partial charge < -0.3 is 14.8 Å². The first-order valence-electron chi connectivity index (χ1n) is 12.5. The molecule has 1 saturated heterocycles. The van der Waals surface area contributed by atoms with Crippen LogP contribution in [-0.2, 0) is 6.42 Å². The molecule has 1 aromatic heterocycles. The largest absolute Gasteiger partial charge is 0.488 e. The van der Waals surface area contributed by atoms with E-state index >= 15 is 8.78 Å². The maximum Gasteiger partial charge on any atom is 0.283 e. The van der Waals surface area contributed by atoms with Gasteiger partial charge in [-0.1, -0.05) is 18.2 Å². The number of nitrogens with zero attached hydrogens (tertiary/aromatic N) is 2. The molecule has 0 saturated carbocycles. The van der Waals surface area contributed by atoms with Crippen molar-refractivity contribution in [1.82, 2.24) is 14.8 Å². The molecule has 3 heterocycles. The number of aromatic nitrogens is 1. The number of rotatable bonds is 9. The van der Waals surface area contributed by atoms with Crippen LogP contribution < -0.4 is 4.74 Å². The molecule has 200 valence electrons. The third kappa shape index (κ3) is 5.06. The summed E-state index contributed by atoms with van der Waals surface area (Å²) < 4.78 is 78.4. The summed E-state index contributed by atoms with van der Waals surface area (Å²) in [5.74, 6) is -5.22. The number of alkyl halides is 3. The predicted octanol–water partition coefficient (Wildman–Crippen LogP) is 4.83. The zero-order chi connectivity index (χ0) is 26.3.